The molecule has 0 fully saturated rings. The second-order valence-corrected chi connectivity index (χ2v) is 5.91. The van der Waals surface area contributed by atoms with Crippen molar-refractivity contribution in [3.8, 4) is 0 Å². The maximum atomic E-state index is 6.00. The lowest BCUT2D eigenvalue weighted by Gasteiger charge is -2.05. The summed E-state index contributed by atoms with van der Waals surface area (Å²) in [5, 5.41) is 4.46. The first-order valence-electron chi connectivity index (χ1n) is 5.96. The Labute approximate surface area is 116 Å². The van der Waals surface area contributed by atoms with Crippen molar-refractivity contribution < 1.29 is 4.42 Å². The molecule has 2 rings (SSSR count). The Morgan fingerprint density at radius 2 is 2.12 bits per heavy atom. The van der Waals surface area contributed by atoms with Gasteiger partial charge in [0.15, 0.2) is 0 Å². The molecule has 0 aliphatic rings. The quantitative estimate of drug-likeness (QED) is 0.851. The van der Waals surface area contributed by atoms with E-state index in [0.717, 1.165) is 24.3 Å². The number of para-hydroxylation sites is 1. The van der Waals surface area contributed by atoms with Crippen LogP contribution in [0, 0.1) is 9.49 Å². The van der Waals surface area contributed by atoms with Gasteiger partial charge in [0.1, 0.15) is 11.3 Å². The summed E-state index contributed by atoms with van der Waals surface area (Å²) in [5.41, 5.74) is 2.40. The summed E-state index contributed by atoms with van der Waals surface area (Å²) in [6.07, 6.45) is 1.07. The van der Waals surface area contributed by atoms with Gasteiger partial charge in [0.2, 0.25) is 0 Å². The van der Waals surface area contributed by atoms with Crippen LogP contribution in [-0.2, 0) is 13.0 Å². The van der Waals surface area contributed by atoms with Gasteiger partial charge in [0, 0.05) is 10.9 Å². The monoisotopic (exact) mass is 343 g/mol. The van der Waals surface area contributed by atoms with Crippen LogP contribution in [0.1, 0.15) is 25.2 Å². The predicted octanol–water partition coefficient (Wildman–Crippen LogP) is 3.96. The van der Waals surface area contributed by atoms with Crippen molar-refractivity contribution in [2.45, 2.75) is 26.8 Å². The smallest absolute Gasteiger partial charge is 0.147 e. The van der Waals surface area contributed by atoms with Gasteiger partial charge in [-0.3, -0.25) is 0 Å². The molecular formula is C14H18INO. The number of fused-ring (bicyclic) bond motifs is 1. The molecule has 2 nitrogen and oxygen atoms in total. The van der Waals surface area contributed by atoms with Gasteiger partial charge in [0.25, 0.3) is 0 Å². The summed E-state index contributed by atoms with van der Waals surface area (Å²) >= 11 is 2.34. The van der Waals surface area contributed by atoms with E-state index in [2.05, 4.69) is 60.0 Å². The molecule has 0 radical (unpaired) electrons. The third-order valence-corrected chi connectivity index (χ3v) is 3.65. The lowest BCUT2D eigenvalue weighted by Crippen LogP contribution is -2.07. The molecule has 17 heavy (non-hydrogen) atoms. The summed E-state index contributed by atoms with van der Waals surface area (Å²) in [7, 11) is 1.96. The molecule has 92 valence electrons. The molecule has 0 atom stereocenters. The van der Waals surface area contributed by atoms with E-state index < -0.39 is 0 Å². The zero-order valence-corrected chi connectivity index (χ0v) is 12.7. The van der Waals surface area contributed by atoms with Crippen LogP contribution in [0.2, 0.25) is 0 Å². The maximum Gasteiger partial charge on any atom is 0.147 e. The van der Waals surface area contributed by atoms with E-state index in [1.807, 2.05) is 7.05 Å². The molecule has 1 aromatic heterocycles. The van der Waals surface area contributed by atoms with Crippen molar-refractivity contribution in [3.05, 3.63) is 33.1 Å². The molecule has 0 aliphatic heterocycles. The number of halogens is 1. The highest BCUT2D eigenvalue weighted by Gasteiger charge is 2.15. The normalized spacial score (nSPS) is 11.6. The SMILES string of the molecule is CNCc1oc2c(I)cccc2c1CC(C)C. The molecule has 0 unspecified atom stereocenters. The fourth-order valence-corrected chi connectivity index (χ4v) is 2.73. The lowest BCUT2D eigenvalue weighted by molar-refractivity contribution is 0.515. The zero-order valence-electron chi connectivity index (χ0n) is 10.5. The maximum absolute atomic E-state index is 6.00. The molecule has 0 saturated carbocycles. The van der Waals surface area contributed by atoms with Crippen molar-refractivity contribution in [2.75, 3.05) is 7.05 Å². The van der Waals surface area contributed by atoms with Crippen LogP contribution in [0.15, 0.2) is 22.6 Å². The van der Waals surface area contributed by atoms with Crippen LogP contribution in [0.3, 0.4) is 0 Å². The highest BCUT2D eigenvalue weighted by atomic mass is 127. The highest BCUT2D eigenvalue weighted by Crippen LogP contribution is 2.31. The second kappa shape index (κ2) is 5.40. The topological polar surface area (TPSA) is 25.2 Å². The summed E-state index contributed by atoms with van der Waals surface area (Å²) in [6, 6.07) is 6.36. The van der Waals surface area contributed by atoms with Crippen molar-refractivity contribution >= 4 is 33.6 Å². The molecule has 0 spiro atoms. The van der Waals surface area contributed by atoms with Crippen LogP contribution in [-0.4, -0.2) is 7.05 Å². The van der Waals surface area contributed by atoms with E-state index in [1.54, 1.807) is 0 Å². The molecule has 1 heterocycles. The van der Waals surface area contributed by atoms with Gasteiger partial charge < -0.3 is 9.73 Å². The van der Waals surface area contributed by atoms with E-state index in [1.165, 1.54) is 14.5 Å². The van der Waals surface area contributed by atoms with Crippen LogP contribution >= 0.6 is 22.6 Å². The Kier molecular flexibility index (Phi) is 4.09. The average Bonchev–Trinajstić information content (AvgIpc) is 2.59. The number of rotatable bonds is 4. The summed E-state index contributed by atoms with van der Waals surface area (Å²) < 4.78 is 7.19. The first-order chi connectivity index (χ1) is 8.13. The van der Waals surface area contributed by atoms with Gasteiger partial charge in [-0.25, -0.2) is 0 Å². The predicted molar refractivity (Wildman–Crippen MR) is 80.2 cm³/mol. The average molecular weight is 343 g/mol. The highest BCUT2D eigenvalue weighted by molar-refractivity contribution is 14.1. The van der Waals surface area contributed by atoms with Gasteiger partial charge in [-0.05, 0) is 48.0 Å². The Morgan fingerprint density at radius 1 is 1.35 bits per heavy atom. The van der Waals surface area contributed by atoms with Gasteiger partial charge >= 0.3 is 0 Å². The fourth-order valence-electron chi connectivity index (χ4n) is 2.12. The first-order valence-corrected chi connectivity index (χ1v) is 7.04. The summed E-state index contributed by atoms with van der Waals surface area (Å²) in [5.74, 6) is 1.73. The van der Waals surface area contributed by atoms with Crippen LogP contribution in [0.4, 0.5) is 0 Å². The number of hydrogen-bond acceptors (Lipinski definition) is 2. The largest absolute Gasteiger partial charge is 0.458 e. The molecule has 0 bridgehead atoms. The van der Waals surface area contributed by atoms with Crippen LogP contribution in [0.25, 0.3) is 11.0 Å². The van der Waals surface area contributed by atoms with Gasteiger partial charge in [0.05, 0.1) is 10.1 Å². The summed E-state index contributed by atoms with van der Waals surface area (Å²) in [4.78, 5) is 0. The Morgan fingerprint density at radius 3 is 2.76 bits per heavy atom. The van der Waals surface area contributed by atoms with Crippen molar-refractivity contribution in [1.29, 1.82) is 0 Å². The molecule has 0 saturated heterocycles. The minimum Gasteiger partial charge on any atom is -0.458 e. The number of benzene rings is 1. The molecule has 1 N–H and O–H groups in total. The fraction of sp³-hybridized carbons (Fsp3) is 0.429. The Bertz CT molecular complexity index is 516. The molecule has 0 aliphatic carbocycles. The number of hydrogen-bond donors (Lipinski definition) is 1. The van der Waals surface area contributed by atoms with Gasteiger partial charge in [-0.2, -0.15) is 0 Å². The Hall–Kier alpha value is -0.550. The van der Waals surface area contributed by atoms with Crippen LogP contribution in [0.5, 0.6) is 0 Å². The molecule has 3 heteroatoms. The molecule has 2 aromatic rings. The van der Waals surface area contributed by atoms with Crippen molar-refractivity contribution in [1.82, 2.24) is 5.32 Å². The van der Waals surface area contributed by atoms with Crippen LogP contribution < -0.4 is 5.32 Å². The standard InChI is InChI=1S/C14H18INO/c1-9(2)7-11-10-5-4-6-12(15)14(10)17-13(11)8-16-3/h4-6,9,16H,7-8H2,1-3H3. The van der Waals surface area contributed by atoms with E-state index in [4.69, 9.17) is 4.42 Å². The molecular weight excluding hydrogens is 325 g/mol. The molecule has 0 amide bonds. The Balaban J connectivity index is 2.58. The van der Waals surface area contributed by atoms with E-state index in [9.17, 15) is 0 Å². The first kappa shape index (κ1) is 12.9. The molecule has 1 aromatic carbocycles. The minimum atomic E-state index is 0.643. The van der Waals surface area contributed by atoms with Gasteiger partial charge in [-0.15, -0.1) is 0 Å². The number of furan rings is 1. The zero-order chi connectivity index (χ0) is 12.4. The lowest BCUT2D eigenvalue weighted by atomic mass is 10.00. The van der Waals surface area contributed by atoms with Crippen molar-refractivity contribution in [3.63, 3.8) is 0 Å². The van der Waals surface area contributed by atoms with Crippen molar-refractivity contribution in [2.24, 2.45) is 5.92 Å². The third kappa shape index (κ3) is 2.65. The van der Waals surface area contributed by atoms with Gasteiger partial charge in [-0.1, -0.05) is 26.0 Å². The number of nitrogens with one attached hydrogen (secondary N) is 1. The van der Waals surface area contributed by atoms with E-state index >= 15 is 0 Å². The minimum absolute atomic E-state index is 0.643. The third-order valence-electron chi connectivity index (χ3n) is 2.80. The van der Waals surface area contributed by atoms with E-state index in [-0.39, 0.29) is 0 Å². The summed E-state index contributed by atoms with van der Waals surface area (Å²) in [6.45, 7) is 5.29. The second-order valence-electron chi connectivity index (χ2n) is 4.75. The van der Waals surface area contributed by atoms with E-state index in [0.29, 0.717) is 5.92 Å².